The van der Waals surface area contributed by atoms with E-state index in [-0.39, 0.29) is 4.90 Å². The van der Waals surface area contributed by atoms with E-state index >= 15 is 0 Å². The molecule has 2 rings (SSSR count). The first-order valence-corrected chi connectivity index (χ1v) is 7.91. The minimum Gasteiger partial charge on any atom is -0.398 e. The Balaban J connectivity index is 1.95. The molecule has 0 saturated carbocycles. The van der Waals surface area contributed by atoms with Crippen molar-refractivity contribution in [1.29, 1.82) is 0 Å². The number of nitrogens with two attached hydrogens (primary N) is 1. The highest BCUT2D eigenvalue weighted by Crippen LogP contribution is 2.18. The van der Waals surface area contributed by atoms with E-state index in [9.17, 15) is 8.42 Å². The second-order valence-electron chi connectivity index (χ2n) is 4.93. The third-order valence-corrected chi connectivity index (χ3v) is 4.89. The summed E-state index contributed by atoms with van der Waals surface area (Å²) in [5, 5.41) is 0. The first kappa shape index (κ1) is 14.3. The predicted molar refractivity (Wildman–Crippen MR) is 74.3 cm³/mol. The van der Waals surface area contributed by atoms with Crippen LogP contribution >= 0.6 is 0 Å². The molecule has 1 atom stereocenters. The third-order valence-electron chi connectivity index (χ3n) is 3.43. The molecule has 106 valence electrons. The molecule has 1 heterocycles. The molecule has 0 aliphatic carbocycles. The lowest BCUT2D eigenvalue weighted by molar-refractivity contribution is 0.184. The summed E-state index contributed by atoms with van der Waals surface area (Å²) in [6, 6.07) is 4.79. The summed E-state index contributed by atoms with van der Waals surface area (Å²) in [5.41, 5.74) is 7.11. The quantitative estimate of drug-likeness (QED) is 0.798. The van der Waals surface area contributed by atoms with Gasteiger partial charge < -0.3 is 10.5 Å². The molecule has 6 heteroatoms. The second-order valence-corrected chi connectivity index (χ2v) is 6.70. The van der Waals surface area contributed by atoms with Crippen LogP contribution in [0.3, 0.4) is 0 Å². The largest absolute Gasteiger partial charge is 0.398 e. The molecule has 1 fully saturated rings. The van der Waals surface area contributed by atoms with Crippen LogP contribution in [0.1, 0.15) is 18.4 Å². The second kappa shape index (κ2) is 5.90. The lowest BCUT2D eigenvalue weighted by Gasteiger charge is -2.10. The van der Waals surface area contributed by atoms with Crippen LogP contribution in [0.25, 0.3) is 0 Å². The lowest BCUT2D eigenvalue weighted by Crippen LogP contribution is -2.26. The van der Waals surface area contributed by atoms with E-state index in [0.29, 0.717) is 18.2 Å². The van der Waals surface area contributed by atoms with E-state index in [0.717, 1.165) is 31.6 Å². The van der Waals surface area contributed by atoms with Gasteiger partial charge in [-0.3, -0.25) is 0 Å². The van der Waals surface area contributed by atoms with Crippen molar-refractivity contribution in [2.45, 2.75) is 24.7 Å². The Hall–Kier alpha value is -1.11. The van der Waals surface area contributed by atoms with Crippen molar-refractivity contribution < 1.29 is 13.2 Å². The summed E-state index contributed by atoms with van der Waals surface area (Å²) in [7, 11) is -3.46. The van der Waals surface area contributed by atoms with Crippen molar-refractivity contribution in [2.24, 2.45) is 5.92 Å². The zero-order valence-corrected chi connectivity index (χ0v) is 11.9. The van der Waals surface area contributed by atoms with Crippen LogP contribution in [-0.4, -0.2) is 28.2 Å². The summed E-state index contributed by atoms with van der Waals surface area (Å²) in [5.74, 6) is 0.464. The van der Waals surface area contributed by atoms with E-state index in [4.69, 9.17) is 10.5 Å². The standard InChI is InChI=1S/C13H20N2O3S/c1-10-2-3-12(8-13(10)14)19(16,17)15-6-4-11-5-7-18-9-11/h2-3,8,11,15H,4-7,9,14H2,1H3. The lowest BCUT2D eigenvalue weighted by atomic mass is 10.1. The molecule has 1 aromatic rings. The Kier molecular flexibility index (Phi) is 4.44. The van der Waals surface area contributed by atoms with Gasteiger partial charge in [-0.15, -0.1) is 0 Å². The molecule has 0 aromatic heterocycles. The maximum Gasteiger partial charge on any atom is 0.240 e. The number of rotatable bonds is 5. The summed E-state index contributed by atoms with van der Waals surface area (Å²) in [6.45, 7) is 3.80. The van der Waals surface area contributed by atoms with Crippen LogP contribution in [0, 0.1) is 12.8 Å². The number of anilines is 1. The number of sulfonamides is 1. The highest BCUT2D eigenvalue weighted by Gasteiger charge is 2.18. The van der Waals surface area contributed by atoms with Gasteiger partial charge >= 0.3 is 0 Å². The van der Waals surface area contributed by atoms with E-state index < -0.39 is 10.0 Å². The highest BCUT2D eigenvalue weighted by molar-refractivity contribution is 7.89. The van der Waals surface area contributed by atoms with Crippen molar-refractivity contribution in [3.8, 4) is 0 Å². The molecule has 0 amide bonds. The molecule has 1 aromatic carbocycles. The number of hydrogen-bond donors (Lipinski definition) is 2. The zero-order chi connectivity index (χ0) is 13.9. The van der Waals surface area contributed by atoms with Crippen molar-refractivity contribution in [3.05, 3.63) is 23.8 Å². The van der Waals surface area contributed by atoms with Crippen LogP contribution in [0.15, 0.2) is 23.1 Å². The van der Waals surface area contributed by atoms with Gasteiger partial charge in [0, 0.05) is 25.4 Å². The van der Waals surface area contributed by atoms with Crippen molar-refractivity contribution in [3.63, 3.8) is 0 Å². The third kappa shape index (κ3) is 3.68. The normalized spacial score (nSPS) is 19.7. The van der Waals surface area contributed by atoms with Crippen molar-refractivity contribution in [2.75, 3.05) is 25.5 Å². The minimum absolute atomic E-state index is 0.221. The molecule has 0 bridgehead atoms. The number of ether oxygens (including phenoxy) is 1. The van der Waals surface area contributed by atoms with Gasteiger partial charge in [0.05, 0.1) is 4.90 Å². The SMILES string of the molecule is Cc1ccc(S(=O)(=O)NCCC2CCOC2)cc1N. The van der Waals surface area contributed by atoms with E-state index in [1.165, 1.54) is 6.07 Å². The highest BCUT2D eigenvalue weighted by atomic mass is 32.2. The molecule has 0 radical (unpaired) electrons. The van der Waals surface area contributed by atoms with Gasteiger partial charge in [-0.05, 0) is 43.4 Å². The van der Waals surface area contributed by atoms with Crippen molar-refractivity contribution >= 4 is 15.7 Å². The van der Waals surface area contributed by atoms with Crippen LogP contribution in [-0.2, 0) is 14.8 Å². The van der Waals surface area contributed by atoms with E-state index in [2.05, 4.69) is 4.72 Å². The van der Waals surface area contributed by atoms with Crippen molar-refractivity contribution in [1.82, 2.24) is 4.72 Å². The van der Waals surface area contributed by atoms with Crippen LogP contribution < -0.4 is 10.5 Å². The minimum atomic E-state index is -3.46. The van der Waals surface area contributed by atoms with Gasteiger partial charge in [-0.1, -0.05) is 6.07 Å². The molecule has 19 heavy (non-hydrogen) atoms. The summed E-state index contributed by atoms with van der Waals surface area (Å²) < 4.78 is 32.0. The summed E-state index contributed by atoms with van der Waals surface area (Å²) in [4.78, 5) is 0.221. The topological polar surface area (TPSA) is 81.4 Å². The summed E-state index contributed by atoms with van der Waals surface area (Å²) in [6.07, 6.45) is 1.82. The van der Waals surface area contributed by atoms with Gasteiger partial charge in [0.1, 0.15) is 0 Å². The average molecular weight is 284 g/mol. The van der Waals surface area contributed by atoms with Gasteiger partial charge in [0.2, 0.25) is 10.0 Å². The molecule has 0 spiro atoms. The Morgan fingerprint density at radius 2 is 2.26 bits per heavy atom. The Morgan fingerprint density at radius 3 is 2.89 bits per heavy atom. The van der Waals surface area contributed by atoms with E-state index in [1.54, 1.807) is 12.1 Å². The zero-order valence-electron chi connectivity index (χ0n) is 11.1. The first-order valence-electron chi connectivity index (χ1n) is 6.42. The van der Waals surface area contributed by atoms with Gasteiger partial charge in [0.15, 0.2) is 0 Å². The van der Waals surface area contributed by atoms with Gasteiger partial charge in [-0.25, -0.2) is 13.1 Å². The molecule has 3 N–H and O–H groups in total. The number of nitrogen functional groups attached to an aromatic ring is 1. The molecule has 5 nitrogen and oxygen atoms in total. The van der Waals surface area contributed by atoms with Crippen LogP contribution in [0.2, 0.25) is 0 Å². The van der Waals surface area contributed by atoms with Crippen LogP contribution in [0.5, 0.6) is 0 Å². The molecule has 1 saturated heterocycles. The molecule has 1 aliphatic rings. The van der Waals surface area contributed by atoms with Gasteiger partial charge in [-0.2, -0.15) is 0 Å². The molecule has 1 unspecified atom stereocenters. The predicted octanol–water partition coefficient (Wildman–Crippen LogP) is 1.28. The van der Waals surface area contributed by atoms with Gasteiger partial charge in [0.25, 0.3) is 0 Å². The Labute approximate surface area is 114 Å². The number of aryl methyl sites for hydroxylation is 1. The molecular formula is C13H20N2O3S. The Bertz CT molecular complexity index is 537. The number of benzene rings is 1. The maximum atomic E-state index is 12.1. The van der Waals surface area contributed by atoms with Crippen LogP contribution in [0.4, 0.5) is 5.69 Å². The summed E-state index contributed by atoms with van der Waals surface area (Å²) >= 11 is 0. The molecule has 1 aliphatic heterocycles. The maximum absolute atomic E-state index is 12.1. The molecular weight excluding hydrogens is 264 g/mol. The fraction of sp³-hybridized carbons (Fsp3) is 0.538. The smallest absolute Gasteiger partial charge is 0.240 e. The van der Waals surface area contributed by atoms with E-state index in [1.807, 2.05) is 6.92 Å². The number of hydrogen-bond acceptors (Lipinski definition) is 4. The Morgan fingerprint density at radius 1 is 1.47 bits per heavy atom. The number of nitrogens with one attached hydrogen (secondary N) is 1. The fourth-order valence-electron chi connectivity index (χ4n) is 2.08. The average Bonchev–Trinajstić information content (AvgIpc) is 2.85. The monoisotopic (exact) mass is 284 g/mol. The first-order chi connectivity index (χ1) is 8.99. The fourth-order valence-corrected chi connectivity index (χ4v) is 3.16.